The molecule has 0 aromatic rings. The Morgan fingerprint density at radius 1 is 0.260 bits per heavy atom. The van der Waals surface area contributed by atoms with Crippen molar-refractivity contribution in [3.05, 3.63) is 24.3 Å². The summed E-state index contributed by atoms with van der Waals surface area (Å²) in [6, 6.07) is 0. The first kappa shape index (κ1) is 70.9. The van der Waals surface area contributed by atoms with Crippen molar-refractivity contribution in [2.75, 3.05) is 13.2 Å². The molecule has 0 aliphatic rings. The lowest BCUT2D eigenvalue weighted by Gasteiger charge is -2.18. The average molecular weight is 1030 g/mol. The third kappa shape index (κ3) is 60.6. The number of hydrogen-bond acceptors (Lipinski definition) is 6. The highest BCUT2D eigenvalue weighted by Crippen LogP contribution is 2.18. The molecule has 430 valence electrons. The normalized spacial score (nSPS) is 11.7. The van der Waals surface area contributed by atoms with Crippen LogP contribution in [0.15, 0.2) is 24.3 Å². The van der Waals surface area contributed by atoms with Crippen LogP contribution < -0.4 is 0 Å². The van der Waals surface area contributed by atoms with Crippen molar-refractivity contribution < 1.29 is 28.6 Å². The second kappa shape index (κ2) is 62.4. The quantitative estimate of drug-likeness (QED) is 0.0261. The van der Waals surface area contributed by atoms with Gasteiger partial charge in [0.25, 0.3) is 0 Å². The van der Waals surface area contributed by atoms with Gasteiger partial charge in [0.15, 0.2) is 6.10 Å². The maximum Gasteiger partial charge on any atom is 0.306 e. The van der Waals surface area contributed by atoms with Crippen molar-refractivity contribution in [3.63, 3.8) is 0 Å². The van der Waals surface area contributed by atoms with Gasteiger partial charge in [-0.3, -0.25) is 14.4 Å². The molecule has 0 atom stereocenters. The summed E-state index contributed by atoms with van der Waals surface area (Å²) >= 11 is 0. The predicted octanol–water partition coefficient (Wildman–Crippen LogP) is 22.2. The highest BCUT2D eigenvalue weighted by atomic mass is 16.6. The molecule has 0 heterocycles. The number of allylic oxidation sites excluding steroid dienone is 4. The number of rotatable bonds is 61. The third-order valence-electron chi connectivity index (χ3n) is 14.9. The van der Waals surface area contributed by atoms with E-state index >= 15 is 0 Å². The Morgan fingerprint density at radius 2 is 0.452 bits per heavy atom. The van der Waals surface area contributed by atoms with Crippen LogP contribution in [0.25, 0.3) is 0 Å². The van der Waals surface area contributed by atoms with E-state index in [2.05, 4.69) is 45.1 Å². The Hall–Kier alpha value is -2.11. The van der Waals surface area contributed by atoms with E-state index in [1.807, 2.05) is 0 Å². The Kier molecular flexibility index (Phi) is 60.6. The molecule has 0 rings (SSSR count). The van der Waals surface area contributed by atoms with Gasteiger partial charge in [0.05, 0.1) is 0 Å². The van der Waals surface area contributed by atoms with Gasteiger partial charge >= 0.3 is 17.9 Å². The number of esters is 3. The highest BCUT2D eigenvalue weighted by Gasteiger charge is 2.19. The SMILES string of the molecule is CCCCCCCC/C=C\CCCCCCCCCC(=O)OCC(COC(=O)CCCCCCCCC/C=C\CCCCCCCC)OC(=O)CCCCCCCCCCCCCCCCCCCCCCC. The lowest BCUT2D eigenvalue weighted by Crippen LogP contribution is -2.30. The smallest absolute Gasteiger partial charge is 0.306 e. The van der Waals surface area contributed by atoms with Crippen molar-refractivity contribution in [1.29, 1.82) is 0 Å². The molecule has 0 unspecified atom stereocenters. The predicted molar refractivity (Wildman–Crippen MR) is 316 cm³/mol. The fourth-order valence-corrected chi connectivity index (χ4v) is 9.97. The van der Waals surface area contributed by atoms with E-state index in [1.165, 1.54) is 270 Å². The minimum Gasteiger partial charge on any atom is -0.462 e. The molecule has 0 saturated heterocycles. The summed E-state index contributed by atoms with van der Waals surface area (Å²) in [6.07, 6.45) is 74.7. The molecular weight excluding hydrogens is 901 g/mol. The summed E-state index contributed by atoms with van der Waals surface area (Å²) in [5, 5.41) is 0. The van der Waals surface area contributed by atoms with E-state index in [4.69, 9.17) is 14.2 Å². The second-order valence-electron chi connectivity index (χ2n) is 22.4. The molecule has 6 heteroatoms. The zero-order chi connectivity index (χ0) is 52.9. The van der Waals surface area contributed by atoms with Crippen LogP contribution in [0.3, 0.4) is 0 Å². The molecule has 0 radical (unpaired) electrons. The number of carbonyl (C=O) groups excluding carboxylic acids is 3. The van der Waals surface area contributed by atoms with Crippen LogP contribution in [0.4, 0.5) is 0 Å². The van der Waals surface area contributed by atoms with Crippen LogP contribution in [0.5, 0.6) is 0 Å². The Bertz CT molecular complexity index is 1120. The Balaban J connectivity index is 4.32. The topological polar surface area (TPSA) is 78.9 Å². The van der Waals surface area contributed by atoms with Crippen molar-refractivity contribution in [2.24, 2.45) is 0 Å². The first-order valence-electron chi connectivity index (χ1n) is 32.8. The monoisotopic (exact) mass is 1030 g/mol. The molecule has 73 heavy (non-hydrogen) atoms. The van der Waals surface area contributed by atoms with Gasteiger partial charge in [0, 0.05) is 19.3 Å². The molecule has 0 spiro atoms. The summed E-state index contributed by atoms with van der Waals surface area (Å²) in [6.45, 7) is 6.70. The Labute approximate surface area is 455 Å². The zero-order valence-electron chi connectivity index (χ0n) is 49.4. The summed E-state index contributed by atoms with van der Waals surface area (Å²) in [5.74, 6) is -0.850. The first-order chi connectivity index (χ1) is 36.0. The lowest BCUT2D eigenvalue weighted by molar-refractivity contribution is -0.167. The van der Waals surface area contributed by atoms with Crippen LogP contribution in [0.2, 0.25) is 0 Å². The molecule has 0 saturated carbocycles. The number of hydrogen-bond donors (Lipinski definition) is 0. The van der Waals surface area contributed by atoms with E-state index in [0.29, 0.717) is 19.3 Å². The van der Waals surface area contributed by atoms with Crippen LogP contribution in [-0.4, -0.2) is 37.2 Å². The Morgan fingerprint density at radius 3 is 0.685 bits per heavy atom. The van der Waals surface area contributed by atoms with Gasteiger partial charge < -0.3 is 14.2 Å². The van der Waals surface area contributed by atoms with Gasteiger partial charge in [-0.1, -0.05) is 302 Å². The van der Waals surface area contributed by atoms with E-state index < -0.39 is 6.10 Å². The minimum atomic E-state index is -0.772. The molecule has 0 aliphatic heterocycles. The third-order valence-corrected chi connectivity index (χ3v) is 14.9. The van der Waals surface area contributed by atoms with Crippen molar-refractivity contribution in [1.82, 2.24) is 0 Å². The van der Waals surface area contributed by atoms with Gasteiger partial charge in [0.2, 0.25) is 0 Å². The summed E-state index contributed by atoms with van der Waals surface area (Å²) in [4.78, 5) is 38.3. The number of carbonyl (C=O) groups is 3. The van der Waals surface area contributed by atoms with Crippen molar-refractivity contribution in [3.8, 4) is 0 Å². The molecule has 0 bridgehead atoms. The molecule has 0 aliphatic carbocycles. The van der Waals surface area contributed by atoms with Crippen molar-refractivity contribution >= 4 is 17.9 Å². The molecule has 0 amide bonds. The van der Waals surface area contributed by atoms with Gasteiger partial charge in [-0.15, -0.1) is 0 Å². The van der Waals surface area contributed by atoms with Crippen LogP contribution in [0, 0.1) is 0 Å². The fraction of sp³-hybridized carbons (Fsp3) is 0.896. The molecule has 0 fully saturated rings. The van der Waals surface area contributed by atoms with Crippen molar-refractivity contribution in [2.45, 2.75) is 374 Å². The van der Waals surface area contributed by atoms with E-state index in [0.717, 1.165) is 57.8 Å². The lowest BCUT2D eigenvalue weighted by atomic mass is 10.0. The maximum atomic E-state index is 12.9. The fourth-order valence-electron chi connectivity index (χ4n) is 9.97. The zero-order valence-corrected chi connectivity index (χ0v) is 49.4. The molecule has 0 aromatic heterocycles. The van der Waals surface area contributed by atoms with Crippen LogP contribution in [0.1, 0.15) is 367 Å². The summed E-state index contributed by atoms with van der Waals surface area (Å²) in [5.41, 5.74) is 0. The minimum absolute atomic E-state index is 0.0700. The average Bonchev–Trinajstić information content (AvgIpc) is 3.39. The summed E-state index contributed by atoms with van der Waals surface area (Å²) < 4.78 is 17.0. The van der Waals surface area contributed by atoms with Crippen LogP contribution in [-0.2, 0) is 28.6 Å². The molecular formula is C67H126O6. The first-order valence-corrected chi connectivity index (χ1v) is 32.8. The van der Waals surface area contributed by atoms with E-state index in [9.17, 15) is 14.4 Å². The van der Waals surface area contributed by atoms with Gasteiger partial charge in [-0.05, 0) is 70.6 Å². The highest BCUT2D eigenvalue weighted by molar-refractivity contribution is 5.71. The van der Waals surface area contributed by atoms with E-state index in [-0.39, 0.29) is 31.1 Å². The van der Waals surface area contributed by atoms with Gasteiger partial charge in [-0.2, -0.15) is 0 Å². The second-order valence-corrected chi connectivity index (χ2v) is 22.4. The number of ether oxygens (including phenoxy) is 3. The molecule has 0 aromatic carbocycles. The van der Waals surface area contributed by atoms with Gasteiger partial charge in [0.1, 0.15) is 13.2 Å². The van der Waals surface area contributed by atoms with Gasteiger partial charge in [-0.25, -0.2) is 0 Å². The standard InChI is InChI=1S/C67H126O6/c1-4-7-10-13-16-19-22-25-28-31-32-33-34-37-40-43-46-49-52-55-58-61-67(70)73-64(62-71-65(68)59-56-53-50-47-44-41-38-35-29-26-23-20-17-14-11-8-5-2)63-72-66(69)60-57-54-51-48-45-42-39-36-30-27-24-21-18-15-12-9-6-3/h26-27,29-30,64H,4-25,28,31-63H2,1-3H3/b29-26-,30-27-. The largest absolute Gasteiger partial charge is 0.462 e. The summed E-state index contributed by atoms with van der Waals surface area (Å²) in [7, 11) is 0. The maximum absolute atomic E-state index is 12.9. The molecule has 6 nitrogen and oxygen atoms in total. The van der Waals surface area contributed by atoms with Crippen LogP contribution >= 0.6 is 0 Å². The van der Waals surface area contributed by atoms with E-state index in [1.54, 1.807) is 0 Å². The molecule has 0 N–H and O–H groups in total. The number of unbranched alkanes of at least 4 members (excludes halogenated alkanes) is 46.